The highest BCUT2D eigenvalue weighted by Gasteiger charge is 2.32. The van der Waals surface area contributed by atoms with Gasteiger partial charge in [-0.25, -0.2) is 0 Å². The third-order valence-corrected chi connectivity index (χ3v) is 5.97. The molecule has 2 aromatic rings. The summed E-state index contributed by atoms with van der Waals surface area (Å²) in [5.74, 6) is 1.42. The summed E-state index contributed by atoms with van der Waals surface area (Å²) >= 11 is 0. The van der Waals surface area contributed by atoms with Gasteiger partial charge in [-0.2, -0.15) is 0 Å². The van der Waals surface area contributed by atoms with Crippen molar-refractivity contribution in [1.82, 2.24) is 14.7 Å². The number of rotatable bonds is 6. The van der Waals surface area contributed by atoms with E-state index in [1.165, 1.54) is 6.26 Å². The van der Waals surface area contributed by atoms with Gasteiger partial charge in [-0.1, -0.05) is 18.2 Å². The Morgan fingerprint density at radius 2 is 1.63 bits per heavy atom. The van der Waals surface area contributed by atoms with Crippen molar-refractivity contribution < 1.29 is 18.7 Å². The van der Waals surface area contributed by atoms with Crippen LogP contribution in [0.25, 0.3) is 0 Å². The van der Waals surface area contributed by atoms with E-state index in [1.807, 2.05) is 35.2 Å². The molecule has 7 heteroatoms. The van der Waals surface area contributed by atoms with E-state index in [4.69, 9.17) is 9.15 Å². The Bertz CT molecular complexity index is 808. The Hall–Kier alpha value is -2.80. The van der Waals surface area contributed by atoms with Crippen LogP contribution >= 0.6 is 0 Å². The zero-order valence-corrected chi connectivity index (χ0v) is 17.2. The summed E-state index contributed by atoms with van der Waals surface area (Å²) in [6.07, 6.45) is 2.95. The van der Waals surface area contributed by atoms with Gasteiger partial charge in [-0.05, 0) is 37.1 Å². The fourth-order valence-electron chi connectivity index (χ4n) is 4.14. The summed E-state index contributed by atoms with van der Waals surface area (Å²) in [5, 5.41) is 0. The Balaban J connectivity index is 1.16. The summed E-state index contributed by atoms with van der Waals surface area (Å²) in [6.45, 7) is 5.99. The molecule has 2 amide bonds. The van der Waals surface area contributed by atoms with E-state index in [9.17, 15) is 9.59 Å². The first-order valence-corrected chi connectivity index (χ1v) is 10.7. The molecule has 0 unspecified atom stereocenters. The molecule has 1 aromatic heterocycles. The average Bonchev–Trinajstić information content (AvgIpc) is 3.34. The van der Waals surface area contributed by atoms with Crippen molar-refractivity contribution in [2.24, 2.45) is 5.92 Å². The third-order valence-electron chi connectivity index (χ3n) is 5.97. The molecule has 0 atom stereocenters. The smallest absolute Gasteiger partial charge is 0.289 e. The summed E-state index contributed by atoms with van der Waals surface area (Å²) in [5.41, 5.74) is 0. The second-order valence-corrected chi connectivity index (χ2v) is 7.87. The monoisotopic (exact) mass is 411 g/mol. The maximum atomic E-state index is 12.9. The number of benzene rings is 1. The van der Waals surface area contributed by atoms with Gasteiger partial charge >= 0.3 is 0 Å². The first-order valence-electron chi connectivity index (χ1n) is 10.7. The molecule has 7 nitrogen and oxygen atoms in total. The van der Waals surface area contributed by atoms with Crippen LogP contribution in [0.5, 0.6) is 5.75 Å². The van der Waals surface area contributed by atoms with Crippen LogP contribution in [0.3, 0.4) is 0 Å². The van der Waals surface area contributed by atoms with Crippen molar-refractivity contribution in [1.29, 1.82) is 0 Å². The van der Waals surface area contributed by atoms with Gasteiger partial charge in [0.25, 0.3) is 5.91 Å². The first kappa shape index (κ1) is 20.5. The molecule has 0 radical (unpaired) electrons. The molecular weight excluding hydrogens is 382 g/mol. The lowest BCUT2D eigenvalue weighted by atomic mass is 9.94. The van der Waals surface area contributed by atoms with Crippen LogP contribution in [-0.2, 0) is 4.79 Å². The minimum atomic E-state index is -0.0859. The Labute approximate surface area is 177 Å². The SMILES string of the molecule is O=C(c1ccco1)N1CCC(C(=O)N2CCN(CCOc3ccccc3)CC2)CC1. The predicted molar refractivity (Wildman–Crippen MR) is 112 cm³/mol. The van der Waals surface area contributed by atoms with Gasteiger partial charge in [-0.15, -0.1) is 0 Å². The first-order chi connectivity index (χ1) is 14.7. The van der Waals surface area contributed by atoms with Crippen LogP contribution < -0.4 is 4.74 Å². The number of hydrogen-bond acceptors (Lipinski definition) is 5. The number of carbonyl (C=O) groups is 2. The van der Waals surface area contributed by atoms with Crippen molar-refractivity contribution in [3.8, 4) is 5.75 Å². The van der Waals surface area contributed by atoms with Crippen LogP contribution in [0.2, 0.25) is 0 Å². The molecule has 2 aliphatic heterocycles. The number of ether oxygens (including phenoxy) is 1. The Morgan fingerprint density at radius 3 is 2.30 bits per heavy atom. The van der Waals surface area contributed by atoms with Gasteiger partial charge in [-0.3, -0.25) is 14.5 Å². The zero-order chi connectivity index (χ0) is 20.8. The van der Waals surface area contributed by atoms with Crippen LogP contribution in [-0.4, -0.2) is 78.9 Å². The summed E-state index contributed by atoms with van der Waals surface area (Å²) in [4.78, 5) is 31.4. The number of piperazine rings is 1. The maximum Gasteiger partial charge on any atom is 0.289 e. The fraction of sp³-hybridized carbons (Fsp3) is 0.478. The Kier molecular flexibility index (Phi) is 6.69. The normalized spacial score (nSPS) is 18.4. The Morgan fingerprint density at radius 1 is 0.900 bits per heavy atom. The lowest BCUT2D eigenvalue weighted by Crippen LogP contribution is -2.52. The molecule has 2 saturated heterocycles. The standard InChI is InChI=1S/C23H29N3O4/c27-22(19-8-10-25(11-9-19)23(28)21-7-4-17-30-21)26-14-12-24(13-15-26)16-18-29-20-5-2-1-3-6-20/h1-7,17,19H,8-16,18H2. The highest BCUT2D eigenvalue weighted by Crippen LogP contribution is 2.22. The molecule has 30 heavy (non-hydrogen) atoms. The number of likely N-dealkylation sites (tertiary alicyclic amines) is 1. The van der Waals surface area contributed by atoms with Gasteiger partial charge in [0.15, 0.2) is 5.76 Å². The average molecular weight is 412 g/mol. The van der Waals surface area contributed by atoms with E-state index in [2.05, 4.69) is 4.90 Å². The number of furan rings is 1. The topological polar surface area (TPSA) is 66.2 Å². The molecule has 3 heterocycles. The van der Waals surface area contributed by atoms with E-state index in [0.29, 0.717) is 25.5 Å². The van der Waals surface area contributed by atoms with Gasteiger partial charge in [0, 0.05) is 51.7 Å². The second-order valence-electron chi connectivity index (χ2n) is 7.87. The summed E-state index contributed by atoms with van der Waals surface area (Å²) in [6, 6.07) is 13.2. The molecule has 2 fully saturated rings. The van der Waals surface area contributed by atoms with Crippen molar-refractivity contribution in [3.05, 3.63) is 54.5 Å². The predicted octanol–water partition coefficient (Wildman–Crippen LogP) is 2.36. The minimum Gasteiger partial charge on any atom is -0.492 e. The van der Waals surface area contributed by atoms with E-state index < -0.39 is 0 Å². The van der Waals surface area contributed by atoms with Crippen LogP contribution in [0.15, 0.2) is 53.1 Å². The molecule has 0 aliphatic carbocycles. The minimum absolute atomic E-state index is 0.0126. The molecule has 0 bridgehead atoms. The maximum absolute atomic E-state index is 12.9. The third kappa shape index (κ3) is 5.02. The molecule has 2 aliphatic rings. The quantitative estimate of drug-likeness (QED) is 0.730. The fourth-order valence-corrected chi connectivity index (χ4v) is 4.14. The van der Waals surface area contributed by atoms with Gasteiger partial charge in [0.05, 0.1) is 6.26 Å². The second kappa shape index (κ2) is 9.80. The van der Waals surface area contributed by atoms with E-state index >= 15 is 0 Å². The van der Waals surface area contributed by atoms with Crippen LogP contribution in [0.4, 0.5) is 0 Å². The molecule has 4 rings (SSSR count). The van der Waals surface area contributed by atoms with Crippen molar-refractivity contribution >= 4 is 11.8 Å². The van der Waals surface area contributed by atoms with E-state index in [-0.39, 0.29) is 17.7 Å². The number of piperidine rings is 1. The molecule has 0 N–H and O–H groups in total. The highest BCUT2D eigenvalue weighted by molar-refractivity contribution is 5.91. The number of hydrogen-bond donors (Lipinski definition) is 0. The number of para-hydroxylation sites is 1. The number of amides is 2. The van der Waals surface area contributed by atoms with Gasteiger partial charge < -0.3 is 19.0 Å². The molecule has 0 saturated carbocycles. The van der Waals surface area contributed by atoms with E-state index in [0.717, 1.165) is 51.3 Å². The molecule has 0 spiro atoms. The lowest BCUT2D eigenvalue weighted by molar-refractivity contribution is -0.138. The number of carbonyl (C=O) groups excluding carboxylic acids is 2. The summed E-state index contributed by atoms with van der Waals surface area (Å²) in [7, 11) is 0. The highest BCUT2D eigenvalue weighted by atomic mass is 16.5. The number of nitrogens with zero attached hydrogens (tertiary/aromatic N) is 3. The van der Waals surface area contributed by atoms with Crippen LogP contribution in [0, 0.1) is 5.92 Å². The molecular formula is C23H29N3O4. The molecule has 1 aromatic carbocycles. The van der Waals surface area contributed by atoms with E-state index in [1.54, 1.807) is 17.0 Å². The van der Waals surface area contributed by atoms with Crippen LogP contribution in [0.1, 0.15) is 23.4 Å². The lowest BCUT2D eigenvalue weighted by Gasteiger charge is -2.38. The largest absolute Gasteiger partial charge is 0.492 e. The van der Waals surface area contributed by atoms with Gasteiger partial charge in [0.2, 0.25) is 5.91 Å². The molecule has 160 valence electrons. The van der Waals surface area contributed by atoms with Crippen molar-refractivity contribution in [3.63, 3.8) is 0 Å². The van der Waals surface area contributed by atoms with Crippen molar-refractivity contribution in [2.45, 2.75) is 12.8 Å². The zero-order valence-electron chi connectivity index (χ0n) is 17.2. The van der Waals surface area contributed by atoms with Gasteiger partial charge in [0.1, 0.15) is 12.4 Å². The summed E-state index contributed by atoms with van der Waals surface area (Å²) < 4.78 is 11.0. The van der Waals surface area contributed by atoms with Crippen molar-refractivity contribution in [2.75, 3.05) is 52.4 Å².